The zero-order valence-corrected chi connectivity index (χ0v) is 11.4. The quantitative estimate of drug-likeness (QED) is 0.741. The molecule has 1 unspecified atom stereocenters. The maximum atomic E-state index is 11.5. The van der Waals surface area contributed by atoms with E-state index in [9.17, 15) is 9.90 Å². The highest BCUT2D eigenvalue weighted by atomic mass is 16.4. The Labute approximate surface area is 114 Å². The molecule has 0 aliphatic heterocycles. The first-order valence-electron chi connectivity index (χ1n) is 6.94. The summed E-state index contributed by atoms with van der Waals surface area (Å²) in [6.45, 7) is 2.70. The summed E-state index contributed by atoms with van der Waals surface area (Å²) in [6.07, 6.45) is 3.80. The lowest BCUT2D eigenvalue weighted by Gasteiger charge is -2.28. The molecule has 3 N–H and O–H groups in total. The van der Waals surface area contributed by atoms with E-state index >= 15 is 0 Å². The van der Waals surface area contributed by atoms with Crippen LogP contribution in [0.25, 0.3) is 0 Å². The highest BCUT2D eigenvalue weighted by molar-refractivity contribution is 5.73. The van der Waals surface area contributed by atoms with Crippen LogP contribution in [0.2, 0.25) is 0 Å². The maximum Gasteiger partial charge on any atom is 0.320 e. The predicted molar refractivity (Wildman–Crippen MR) is 75.8 cm³/mol. The third-order valence-electron chi connectivity index (χ3n) is 3.58. The van der Waals surface area contributed by atoms with Gasteiger partial charge in [-0.15, -0.1) is 0 Å². The zero-order valence-electron chi connectivity index (χ0n) is 11.4. The molecule has 4 nitrogen and oxygen atoms in total. The van der Waals surface area contributed by atoms with Gasteiger partial charge in [-0.3, -0.25) is 9.69 Å². The number of nitrogens with zero attached hydrogens (tertiary/aromatic N) is 1. The van der Waals surface area contributed by atoms with Crippen molar-refractivity contribution in [2.75, 3.05) is 5.73 Å². The molecular weight excluding hydrogens is 240 g/mol. The summed E-state index contributed by atoms with van der Waals surface area (Å²) < 4.78 is 0. The van der Waals surface area contributed by atoms with E-state index < -0.39 is 5.97 Å². The van der Waals surface area contributed by atoms with Crippen LogP contribution in [-0.2, 0) is 11.3 Å². The molecule has 0 amide bonds. The lowest BCUT2D eigenvalue weighted by atomic mass is 10.1. The monoisotopic (exact) mass is 262 g/mol. The van der Waals surface area contributed by atoms with Crippen molar-refractivity contribution in [2.45, 2.75) is 51.2 Å². The van der Waals surface area contributed by atoms with E-state index in [-0.39, 0.29) is 6.04 Å². The van der Waals surface area contributed by atoms with Crippen molar-refractivity contribution in [3.8, 4) is 0 Å². The van der Waals surface area contributed by atoms with Gasteiger partial charge in [0.25, 0.3) is 0 Å². The summed E-state index contributed by atoms with van der Waals surface area (Å²) >= 11 is 0. The van der Waals surface area contributed by atoms with Crippen LogP contribution in [0.1, 0.15) is 38.2 Å². The Morgan fingerprint density at radius 2 is 2.26 bits per heavy atom. The molecule has 1 aromatic rings. The molecule has 0 radical (unpaired) electrons. The molecule has 1 aromatic carbocycles. The van der Waals surface area contributed by atoms with Gasteiger partial charge in [-0.1, -0.05) is 25.5 Å². The minimum Gasteiger partial charge on any atom is -0.480 e. The van der Waals surface area contributed by atoms with Crippen molar-refractivity contribution >= 4 is 11.7 Å². The number of hydrogen-bond acceptors (Lipinski definition) is 3. The first-order valence-corrected chi connectivity index (χ1v) is 6.94. The lowest BCUT2D eigenvalue weighted by molar-refractivity contribution is -0.144. The fourth-order valence-corrected chi connectivity index (χ4v) is 2.51. The number of nitrogens with two attached hydrogens (primary N) is 1. The number of carboxylic acids is 1. The first kappa shape index (κ1) is 13.9. The van der Waals surface area contributed by atoms with E-state index in [1.165, 1.54) is 0 Å². The Balaban J connectivity index is 2.13. The van der Waals surface area contributed by atoms with Crippen molar-refractivity contribution in [3.05, 3.63) is 29.8 Å². The fourth-order valence-electron chi connectivity index (χ4n) is 2.51. The molecule has 1 aliphatic rings. The maximum absolute atomic E-state index is 11.5. The fraction of sp³-hybridized carbons (Fsp3) is 0.533. The number of carboxylic acid groups (broad SMARTS) is 1. The van der Waals surface area contributed by atoms with Crippen LogP contribution in [-0.4, -0.2) is 28.1 Å². The molecule has 0 spiro atoms. The van der Waals surface area contributed by atoms with Gasteiger partial charge in [0.2, 0.25) is 0 Å². The second kappa shape index (κ2) is 6.06. The molecule has 4 heteroatoms. The Bertz CT molecular complexity index is 444. The zero-order chi connectivity index (χ0) is 13.8. The SMILES string of the molecule is CCCC(C(=O)O)N(Cc1cccc(N)c1)C1CC1. The Morgan fingerprint density at radius 3 is 2.79 bits per heavy atom. The molecular formula is C15H22N2O2. The molecule has 2 rings (SSSR count). The normalized spacial score (nSPS) is 16.5. The number of aliphatic carboxylic acids is 1. The van der Waals surface area contributed by atoms with Crippen molar-refractivity contribution < 1.29 is 9.90 Å². The minimum atomic E-state index is -0.711. The van der Waals surface area contributed by atoms with E-state index in [2.05, 4.69) is 4.90 Å². The molecule has 19 heavy (non-hydrogen) atoms. The summed E-state index contributed by atoms with van der Waals surface area (Å²) in [4.78, 5) is 13.6. The molecule has 104 valence electrons. The highest BCUT2D eigenvalue weighted by Gasteiger charge is 2.36. The second-order valence-corrected chi connectivity index (χ2v) is 5.29. The summed E-state index contributed by atoms with van der Waals surface area (Å²) in [5.74, 6) is -0.711. The van der Waals surface area contributed by atoms with E-state index in [0.717, 1.165) is 30.5 Å². The largest absolute Gasteiger partial charge is 0.480 e. The standard InChI is InChI=1S/C15H22N2O2/c1-2-4-14(15(18)19)17(13-7-8-13)10-11-5-3-6-12(16)9-11/h3,5-6,9,13-14H,2,4,7-8,10,16H2,1H3,(H,18,19). The van der Waals surface area contributed by atoms with Crippen molar-refractivity contribution in [1.82, 2.24) is 4.90 Å². The van der Waals surface area contributed by atoms with Gasteiger partial charge in [-0.2, -0.15) is 0 Å². The summed E-state index contributed by atoms with van der Waals surface area (Å²) in [5, 5.41) is 9.42. The first-order chi connectivity index (χ1) is 9.11. The molecule has 0 heterocycles. The lowest BCUT2D eigenvalue weighted by Crippen LogP contribution is -2.42. The van der Waals surface area contributed by atoms with Crippen molar-refractivity contribution in [1.29, 1.82) is 0 Å². The predicted octanol–water partition coefficient (Wildman–Crippen LogP) is 2.49. The molecule has 1 fully saturated rings. The van der Waals surface area contributed by atoms with Crippen LogP contribution in [0.15, 0.2) is 24.3 Å². The van der Waals surface area contributed by atoms with Crippen LogP contribution < -0.4 is 5.73 Å². The van der Waals surface area contributed by atoms with Gasteiger partial charge in [0.05, 0.1) is 0 Å². The van der Waals surface area contributed by atoms with Crippen molar-refractivity contribution in [3.63, 3.8) is 0 Å². The van der Waals surface area contributed by atoms with Crippen LogP contribution in [0.5, 0.6) is 0 Å². The van der Waals surface area contributed by atoms with Gasteiger partial charge in [0.15, 0.2) is 0 Å². The van der Waals surface area contributed by atoms with Gasteiger partial charge in [0.1, 0.15) is 6.04 Å². The number of rotatable bonds is 7. The van der Waals surface area contributed by atoms with E-state index in [4.69, 9.17) is 5.73 Å². The summed E-state index contributed by atoms with van der Waals surface area (Å²) in [7, 11) is 0. The van der Waals surface area contributed by atoms with Crippen molar-refractivity contribution in [2.24, 2.45) is 0 Å². The molecule has 0 bridgehead atoms. The van der Waals surface area contributed by atoms with Gasteiger partial charge < -0.3 is 10.8 Å². The molecule has 0 aromatic heterocycles. The number of hydrogen-bond donors (Lipinski definition) is 2. The van der Waals surface area contributed by atoms with Crippen LogP contribution >= 0.6 is 0 Å². The number of anilines is 1. The van der Waals surface area contributed by atoms with Crippen LogP contribution in [0.4, 0.5) is 5.69 Å². The topological polar surface area (TPSA) is 66.6 Å². The molecule has 1 saturated carbocycles. The molecule has 1 atom stereocenters. The number of carbonyl (C=O) groups is 1. The average Bonchev–Trinajstić information content (AvgIpc) is 3.17. The third kappa shape index (κ3) is 3.70. The Hall–Kier alpha value is -1.55. The Kier molecular flexibility index (Phi) is 4.43. The minimum absolute atomic E-state index is 0.376. The average molecular weight is 262 g/mol. The second-order valence-electron chi connectivity index (χ2n) is 5.29. The smallest absolute Gasteiger partial charge is 0.320 e. The van der Waals surface area contributed by atoms with Gasteiger partial charge in [-0.05, 0) is 37.0 Å². The van der Waals surface area contributed by atoms with Gasteiger partial charge in [-0.25, -0.2) is 0 Å². The van der Waals surface area contributed by atoms with Gasteiger partial charge >= 0.3 is 5.97 Å². The van der Waals surface area contributed by atoms with E-state index in [1.54, 1.807) is 0 Å². The highest BCUT2D eigenvalue weighted by Crippen LogP contribution is 2.31. The summed E-state index contributed by atoms with van der Waals surface area (Å²) in [6, 6.07) is 7.77. The third-order valence-corrected chi connectivity index (χ3v) is 3.58. The number of benzene rings is 1. The van der Waals surface area contributed by atoms with Crippen LogP contribution in [0, 0.1) is 0 Å². The molecule has 0 saturated heterocycles. The van der Waals surface area contributed by atoms with E-state index in [1.807, 2.05) is 31.2 Å². The molecule has 1 aliphatic carbocycles. The van der Waals surface area contributed by atoms with Gasteiger partial charge in [0, 0.05) is 18.3 Å². The van der Waals surface area contributed by atoms with Crippen LogP contribution in [0.3, 0.4) is 0 Å². The number of nitrogen functional groups attached to an aromatic ring is 1. The Morgan fingerprint density at radius 1 is 1.53 bits per heavy atom. The van der Waals surface area contributed by atoms with E-state index in [0.29, 0.717) is 19.0 Å². The summed E-state index contributed by atoms with van der Waals surface area (Å²) in [5.41, 5.74) is 7.61.